The summed E-state index contributed by atoms with van der Waals surface area (Å²) in [4.78, 5) is 21.2. The second-order valence-corrected chi connectivity index (χ2v) is 6.70. The van der Waals surface area contributed by atoms with E-state index in [2.05, 4.69) is 34.4 Å². The zero-order valence-electron chi connectivity index (χ0n) is 16.6. The molecule has 1 aromatic heterocycles. The van der Waals surface area contributed by atoms with Gasteiger partial charge in [-0.25, -0.2) is 9.97 Å². The van der Waals surface area contributed by atoms with Crippen LogP contribution < -0.4 is 20.1 Å². The number of carbonyl (C=O) groups excluding carboxylic acids is 1. The summed E-state index contributed by atoms with van der Waals surface area (Å²) in [5.74, 6) is 2.09. The zero-order valence-corrected chi connectivity index (χ0v) is 16.6. The lowest BCUT2D eigenvalue weighted by atomic mass is 10.1. The first-order chi connectivity index (χ1) is 12.9. The summed E-state index contributed by atoms with van der Waals surface area (Å²) >= 11 is 0. The third-order valence-electron chi connectivity index (χ3n) is 3.99. The van der Waals surface area contributed by atoms with Crippen LogP contribution in [0.4, 0.5) is 5.95 Å². The van der Waals surface area contributed by atoms with Gasteiger partial charge in [0, 0.05) is 18.8 Å². The minimum absolute atomic E-state index is 0.248. The first-order valence-electron chi connectivity index (χ1n) is 9.01. The Balaban J connectivity index is 2.02. The third kappa shape index (κ3) is 6.13. The van der Waals surface area contributed by atoms with E-state index >= 15 is 0 Å². The number of hydrogen-bond acceptors (Lipinski definition) is 6. The lowest BCUT2D eigenvalue weighted by molar-refractivity contribution is 0.0945. The monoisotopic (exact) mass is 372 g/mol. The highest BCUT2D eigenvalue weighted by molar-refractivity contribution is 5.92. The number of benzene rings is 1. The van der Waals surface area contributed by atoms with Gasteiger partial charge in [-0.15, -0.1) is 0 Å². The Labute approximate surface area is 160 Å². The Bertz CT molecular complexity index is 778. The number of methoxy groups -OCH3 is 2. The maximum Gasteiger partial charge on any atom is 0.270 e. The summed E-state index contributed by atoms with van der Waals surface area (Å²) in [6.07, 6.45) is 1.01. The zero-order chi connectivity index (χ0) is 19.8. The van der Waals surface area contributed by atoms with Crippen LogP contribution in [0, 0.1) is 12.8 Å². The molecule has 0 saturated heterocycles. The highest BCUT2D eigenvalue weighted by Gasteiger charge is 2.11. The third-order valence-corrected chi connectivity index (χ3v) is 3.99. The second-order valence-electron chi connectivity index (χ2n) is 6.70. The summed E-state index contributed by atoms with van der Waals surface area (Å²) < 4.78 is 10.5. The van der Waals surface area contributed by atoms with Crippen molar-refractivity contribution in [3.8, 4) is 11.5 Å². The van der Waals surface area contributed by atoms with Crippen molar-refractivity contribution in [2.45, 2.75) is 33.7 Å². The minimum Gasteiger partial charge on any atom is -0.493 e. The highest BCUT2D eigenvalue weighted by Crippen LogP contribution is 2.27. The van der Waals surface area contributed by atoms with Gasteiger partial charge in [0.2, 0.25) is 5.95 Å². The summed E-state index contributed by atoms with van der Waals surface area (Å²) in [7, 11) is 3.17. The van der Waals surface area contributed by atoms with Crippen LogP contribution in [0.5, 0.6) is 11.5 Å². The summed E-state index contributed by atoms with van der Waals surface area (Å²) in [6.45, 7) is 7.30. The van der Waals surface area contributed by atoms with Crippen molar-refractivity contribution in [2.24, 2.45) is 5.92 Å². The van der Waals surface area contributed by atoms with Crippen molar-refractivity contribution in [1.82, 2.24) is 15.3 Å². The van der Waals surface area contributed by atoms with E-state index in [-0.39, 0.29) is 5.91 Å². The van der Waals surface area contributed by atoms with Crippen molar-refractivity contribution in [2.75, 3.05) is 26.1 Å². The van der Waals surface area contributed by atoms with E-state index < -0.39 is 0 Å². The van der Waals surface area contributed by atoms with Crippen molar-refractivity contribution in [3.63, 3.8) is 0 Å². The molecule has 0 fully saturated rings. The molecule has 0 aliphatic rings. The number of rotatable bonds is 9. The standard InChI is InChI=1S/C20H28N4O3/c1-13(2)8-9-21-20-23-14(3)10-16(24-20)19(25)22-12-15-6-7-17(26-4)18(11-15)27-5/h6-7,10-11,13H,8-9,12H2,1-5H3,(H,22,25)(H,21,23,24). The van der Waals surface area contributed by atoms with Crippen LogP contribution in [0.25, 0.3) is 0 Å². The fourth-order valence-corrected chi connectivity index (χ4v) is 2.50. The number of aromatic nitrogens is 2. The van der Waals surface area contributed by atoms with E-state index in [0.29, 0.717) is 35.6 Å². The maximum absolute atomic E-state index is 12.5. The van der Waals surface area contributed by atoms with Gasteiger partial charge >= 0.3 is 0 Å². The number of nitrogens with zero attached hydrogens (tertiary/aromatic N) is 2. The second kappa shape index (κ2) is 9.75. The Kier molecular flexibility index (Phi) is 7.40. The van der Waals surface area contributed by atoms with E-state index in [1.54, 1.807) is 20.3 Å². The van der Waals surface area contributed by atoms with Gasteiger partial charge in [0.1, 0.15) is 5.69 Å². The molecule has 1 amide bonds. The maximum atomic E-state index is 12.5. The van der Waals surface area contributed by atoms with E-state index in [4.69, 9.17) is 9.47 Å². The molecule has 0 radical (unpaired) electrons. The predicted molar refractivity (Wildman–Crippen MR) is 105 cm³/mol. The lowest BCUT2D eigenvalue weighted by Gasteiger charge is -2.11. The molecule has 0 saturated carbocycles. The van der Waals surface area contributed by atoms with Gasteiger partial charge in [-0.3, -0.25) is 4.79 Å². The quantitative estimate of drug-likeness (QED) is 0.703. The Morgan fingerprint density at radius 3 is 2.52 bits per heavy atom. The van der Waals surface area contributed by atoms with Crippen LogP contribution in [-0.2, 0) is 6.54 Å². The molecule has 0 unspecified atom stereocenters. The molecule has 0 spiro atoms. The fourth-order valence-electron chi connectivity index (χ4n) is 2.50. The normalized spacial score (nSPS) is 10.6. The molecule has 2 aromatic rings. The Hall–Kier alpha value is -2.83. The predicted octanol–water partition coefficient (Wildman–Crippen LogP) is 3.19. The van der Waals surface area contributed by atoms with E-state index in [9.17, 15) is 4.79 Å². The van der Waals surface area contributed by atoms with Gasteiger partial charge in [-0.2, -0.15) is 0 Å². The molecule has 27 heavy (non-hydrogen) atoms. The molecule has 0 aliphatic heterocycles. The van der Waals surface area contributed by atoms with Crippen molar-refractivity contribution in [1.29, 1.82) is 0 Å². The van der Waals surface area contributed by atoms with Gasteiger partial charge in [0.05, 0.1) is 14.2 Å². The van der Waals surface area contributed by atoms with Gasteiger partial charge in [0.25, 0.3) is 5.91 Å². The average molecular weight is 372 g/mol. The number of hydrogen-bond donors (Lipinski definition) is 2. The molecule has 7 heteroatoms. The van der Waals surface area contributed by atoms with Gasteiger partial charge in [0.15, 0.2) is 11.5 Å². The molecule has 2 N–H and O–H groups in total. The summed E-state index contributed by atoms with van der Waals surface area (Å²) in [5, 5.41) is 6.06. The fraction of sp³-hybridized carbons (Fsp3) is 0.450. The van der Waals surface area contributed by atoms with Gasteiger partial charge in [-0.1, -0.05) is 19.9 Å². The number of aryl methyl sites for hydroxylation is 1. The van der Waals surface area contributed by atoms with Gasteiger partial charge in [-0.05, 0) is 43.0 Å². The molecular formula is C20H28N4O3. The summed E-state index contributed by atoms with van der Waals surface area (Å²) in [5.41, 5.74) is 1.99. The smallest absolute Gasteiger partial charge is 0.270 e. The molecule has 2 rings (SSSR count). The molecule has 0 bridgehead atoms. The van der Waals surface area contributed by atoms with Crippen LogP contribution >= 0.6 is 0 Å². The van der Waals surface area contributed by atoms with E-state index in [0.717, 1.165) is 24.2 Å². The van der Waals surface area contributed by atoms with Crippen LogP contribution in [0.15, 0.2) is 24.3 Å². The number of amides is 1. The SMILES string of the molecule is COc1ccc(CNC(=O)c2cc(C)nc(NCCC(C)C)n2)cc1OC. The van der Waals surface area contributed by atoms with E-state index in [1.807, 2.05) is 25.1 Å². The first kappa shape index (κ1) is 20.5. The molecular weight excluding hydrogens is 344 g/mol. The molecule has 1 aromatic carbocycles. The molecule has 0 atom stereocenters. The van der Waals surface area contributed by atoms with Crippen molar-refractivity contribution < 1.29 is 14.3 Å². The van der Waals surface area contributed by atoms with E-state index in [1.165, 1.54) is 0 Å². The summed E-state index contributed by atoms with van der Waals surface area (Å²) in [6, 6.07) is 7.21. The number of ether oxygens (including phenoxy) is 2. The molecule has 1 heterocycles. The molecule has 146 valence electrons. The van der Waals surface area contributed by atoms with Crippen LogP contribution in [0.2, 0.25) is 0 Å². The number of carbonyl (C=O) groups is 1. The largest absolute Gasteiger partial charge is 0.493 e. The minimum atomic E-state index is -0.248. The van der Waals surface area contributed by atoms with Crippen molar-refractivity contribution >= 4 is 11.9 Å². The molecule has 0 aliphatic carbocycles. The van der Waals surface area contributed by atoms with Gasteiger partial charge < -0.3 is 20.1 Å². The average Bonchev–Trinajstić information content (AvgIpc) is 2.65. The van der Waals surface area contributed by atoms with Crippen LogP contribution in [0.3, 0.4) is 0 Å². The highest BCUT2D eigenvalue weighted by atomic mass is 16.5. The first-order valence-corrected chi connectivity index (χ1v) is 9.01. The van der Waals surface area contributed by atoms with Crippen LogP contribution in [-0.4, -0.2) is 36.6 Å². The lowest BCUT2D eigenvalue weighted by Crippen LogP contribution is -2.24. The Morgan fingerprint density at radius 2 is 1.85 bits per heavy atom. The topological polar surface area (TPSA) is 85.4 Å². The van der Waals surface area contributed by atoms with Crippen LogP contribution in [0.1, 0.15) is 42.0 Å². The Morgan fingerprint density at radius 1 is 1.11 bits per heavy atom. The number of nitrogens with one attached hydrogen (secondary N) is 2. The number of anilines is 1. The van der Waals surface area contributed by atoms with Crippen molar-refractivity contribution in [3.05, 3.63) is 41.2 Å². The molecule has 7 nitrogen and oxygen atoms in total.